The van der Waals surface area contributed by atoms with Crippen molar-refractivity contribution in [2.45, 2.75) is 47.1 Å². The number of fused-ring (bicyclic) bond motifs is 1. The Kier molecular flexibility index (Phi) is 16.6. The molecule has 2 heterocycles. The van der Waals surface area contributed by atoms with Crippen LogP contribution in [0, 0.1) is 0 Å². The fourth-order valence-corrected chi connectivity index (χ4v) is 4.21. The van der Waals surface area contributed by atoms with Crippen LogP contribution in [0.5, 0.6) is 0 Å². The van der Waals surface area contributed by atoms with Crippen LogP contribution in [-0.2, 0) is 27.3 Å². The van der Waals surface area contributed by atoms with Crippen LogP contribution in [0.2, 0.25) is 0 Å². The summed E-state index contributed by atoms with van der Waals surface area (Å²) in [7, 11) is 1.91. The second-order valence-electron chi connectivity index (χ2n) is 8.45. The lowest BCUT2D eigenvalue weighted by atomic mass is 10.1. The lowest BCUT2D eigenvalue weighted by Crippen LogP contribution is -2.46. The van der Waals surface area contributed by atoms with Crippen molar-refractivity contribution >= 4 is 48.5 Å². The highest BCUT2D eigenvalue weighted by molar-refractivity contribution is 7.82. The number of nitrogens with one attached hydrogen (secondary N) is 1. The fourth-order valence-electron chi connectivity index (χ4n) is 4.02. The molecule has 0 spiro atoms. The Morgan fingerprint density at radius 3 is 2.27 bits per heavy atom. The highest BCUT2D eigenvalue weighted by Crippen LogP contribution is 2.37. The molecule has 8 nitrogen and oxygen atoms in total. The maximum Gasteiger partial charge on any atom is 0.246 e. The molecule has 2 amide bonds. The summed E-state index contributed by atoms with van der Waals surface area (Å²) in [6.45, 7) is 12.7. The van der Waals surface area contributed by atoms with Gasteiger partial charge in [0.15, 0.2) is 0 Å². The van der Waals surface area contributed by atoms with Gasteiger partial charge in [0, 0.05) is 25.8 Å². The van der Waals surface area contributed by atoms with Crippen LogP contribution >= 0.6 is 12.8 Å². The molecule has 40 heavy (non-hydrogen) atoms. The van der Waals surface area contributed by atoms with Gasteiger partial charge in [0.05, 0.1) is 35.7 Å². The lowest BCUT2D eigenvalue weighted by Gasteiger charge is -2.37. The summed E-state index contributed by atoms with van der Waals surface area (Å²) in [5, 5.41) is 3.02. The third-order valence-corrected chi connectivity index (χ3v) is 6.26. The summed E-state index contributed by atoms with van der Waals surface area (Å²) >= 11 is 4.44. The van der Waals surface area contributed by atoms with E-state index in [-0.39, 0.29) is 11.8 Å². The zero-order valence-corrected chi connectivity index (χ0v) is 25.2. The molecule has 2 aromatic carbocycles. The van der Waals surface area contributed by atoms with Crippen LogP contribution in [0.1, 0.15) is 45.4 Å². The maximum absolute atomic E-state index is 12.6. The topological polar surface area (TPSA) is 85.9 Å². The Morgan fingerprint density at radius 2 is 1.70 bits per heavy atom. The van der Waals surface area contributed by atoms with E-state index >= 15 is 0 Å². The largest absolute Gasteiger partial charge is 0.361 e. The number of anilines is 3. The van der Waals surface area contributed by atoms with Gasteiger partial charge in [-0.2, -0.15) is 0 Å². The predicted octanol–water partition coefficient (Wildman–Crippen LogP) is 5.33. The molecule has 1 N–H and O–H groups in total. The minimum Gasteiger partial charge on any atom is -0.361 e. The Labute approximate surface area is 244 Å². The zero-order valence-electron chi connectivity index (χ0n) is 24.3. The molecule has 216 valence electrons. The normalized spacial score (nSPS) is 11.5. The van der Waals surface area contributed by atoms with Crippen LogP contribution in [-0.4, -0.2) is 50.3 Å². The molecular weight excluding hydrogens is 522 g/mol. The van der Waals surface area contributed by atoms with Gasteiger partial charge in [-0.15, -0.1) is 0 Å². The summed E-state index contributed by atoms with van der Waals surface area (Å²) in [5.74, 6) is 0.0201. The SMILES string of the molecule is C=O.CC.CCCN1C(=O)CN(CC)c2cc(N(S)C(=O)Cc3ccccc3)ccc21.CNCc1ccccn1. The van der Waals surface area contributed by atoms with Crippen molar-refractivity contribution in [1.29, 1.82) is 0 Å². The smallest absolute Gasteiger partial charge is 0.246 e. The van der Waals surface area contributed by atoms with Gasteiger partial charge < -0.3 is 19.9 Å². The van der Waals surface area contributed by atoms with Gasteiger partial charge in [-0.3, -0.25) is 18.9 Å². The number of amides is 2. The molecule has 4 rings (SSSR count). The van der Waals surface area contributed by atoms with E-state index in [4.69, 9.17) is 4.79 Å². The first-order valence-electron chi connectivity index (χ1n) is 13.6. The van der Waals surface area contributed by atoms with E-state index in [1.807, 2.05) is 111 Å². The van der Waals surface area contributed by atoms with Crippen molar-refractivity contribution in [2.75, 3.05) is 40.8 Å². The van der Waals surface area contributed by atoms with E-state index in [1.54, 1.807) is 6.20 Å². The summed E-state index contributed by atoms with van der Waals surface area (Å²) in [6.07, 6.45) is 2.99. The number of thiol groups is 1. The number of nitrogens with zero attached hydrogens (tertiary/aromatic N) is 4. The van der Waals surface area contributed by atoms with Crippen molar-refractivity contribution in [3.63, 3.8) is 0 Å². The molecule has 1 aliphatic heterocycles. The summed E-state index contributed by atoms with van der Waals surface area (Å²) in [6, 6.07) is 21.2. The van der Waals surface area contributed by atoms with Gasteiger partial charge in [0.25, 0.3) is 0 Å². The van der Waals surface area contributed by atoms with Gasteiger partial charge in [-0.05, 0) is 56.3 Å². The first kappa shape index (κ1) is 34.3. The van der Waals surface area contributed by atoms with Crippen molar-refractivity contribution in [1.82, 2.24) is 10.3 Å². The summed E-state index contributed by atoms with van der Waals surface area (Å²) in [5.41, 5.74) is 4.61. The van der Waals surface area contributed by atoms with Gasteiger partial charge in [0.1, 0.15) is 6.79 Å². The predicted molar refractivity (Wildman–Crippen MR) is 169 cm³/mol. The van der Waals surface area contributed by atoms with Gasteiger partial charge >= 0.3 is 0 Å². The number of carbonyl (C=O) groups is 3. The van der Waals surface area contributed by atoms with Crippen LogP contribution in [0.3, 0.4) is 0 Å². The molecule has 0 saturated carbocycles. The van der Waals surface area contributed by atoms with Crippen LogP contribution < -0.4 is 19.4 Å². The van der Waals surface area contributed by atoms with Crippen LogP contribution in [0.25, 0.3) is 0 Å². The van der Waals surface area contributed by atoms with Crippen molar-refractivity contribution in [2.24, 2.45) is 0 Å². The second-order valence-corrected chi connectivity index (χ2v) is 8.85. The van der Waals surface area contributed by atoms with E-state index < -0.39 is 0 Å². The maximum atomic E-state index is 12.6. The monoisotopic (exact) mass is 565 g/mol. The van der Waals surface area contributed by atoms with Gasteiger partial charge in [-0.25, -0.2) is 0 Å². The van der Waals surface area contributed by atoms with Crippen LogP contribution in [0.4, 0.5) is 17.1 Å². The molecule has 0 bridgehead atoms. The molecule has 3 aromatic rings. The average Bonchev–Trinajstić information content (AvgIpc) is 3.01. The molecule has 0 fully saturated rings. The number of aromatic nitrogens is 1. The molecule has 0 atom stereocenters. The molecule has 0 saturated heterocycles. The van der Waals surface area contributed by atoms with E-state index in [0.717, 1.165) is 42.1 Å². The quantitative estimate of drug-likeness (QED) is 0.359. The van der Waals surface area contributed by atoms with Crippen molar-refractivity contribution in [3.8, 4) is 0 Å². The molecule has 1 aromatic heterocycles. The molecule has 1 aliphatic rings. The number of carbonyl (C=O) groups excluding carboxylic acids is 3. The van der Waals surface area contributed by atoms with Crippen LogP contribution in [0.15, 0.2) is 72.9 Å². The zero-order chi connectivity index (χ0) is 29.9. The Hall–Kier alpha value is -3.69. The second kappa shape index (κ2) is 19.4. The Morgan fingerprint density at radius 1 is 1.02 bits per heavy atom. The average molecular weight is 566 g/mol. The molecule has 0 radical (unpaired) electrons. The van der Waals surface area contributed by atoms with Gasteiger partial charge in [-0.1, -0.05) is 70.0 Å². The number of hydrogen-bond donors (Lipinski definition) is 2. The lowest BCUT2D eigenvalue weighted by molar-refractivity contribution is -0.118. The van der Waals surface area contributed by atoms with Gasteiger partial charge in [0.2, 0.25) is 11.8 Å². The minimum atomic E-state index is -0.0927. The first-order valence-corrected chi connectivity index (χ1v) is 14.0. The fraction of sp³-hybridized carbons (Fsp3) is 0.355. The van der Waals surface area contributed by atoms with Crippen molar-refractivity contribution < 1.29 is 14.4 Å². The number of likely N-dealkylation sites (N-methyl/N-ethyl adjacent to an activating group) is 1. The summed E-state index contributed by atoms with van der Waals surface area (Å²) < 4.78 is 1.39. The van der Waals surface area contributed by atoms with E-state index in [2.05, 4.69) is 30.0 Å². The van der Waals surface area contributed by atoms with E-state index in [9.17, 15) is 9.59 Å². The number of rotatable bonds is 8. The third kappa shape index (κ3) is 10.1. The first-order chi connectivity index (χ1) is 19.5. The highest BCUT2D eigenvalue weighted by atomic mass is 32.1. The molecule has 9 heteroatoms. The number of benzene rings is 2. The van der Waals surface area contributed by atoms with E-state index in [0.29, 0.717) is 25.2 Å². The molecular formula is C31H43N5O3S. The van der Waals surface area contributed by atoms with Crippen molar-refractivity contribution in [3.05, 3.63) is 84.2 Å². The summed E-state index contributed by atoms with van der Waals surface area (Å²) in [4.78, 5) is 41.1. The highest BCUT2D eigenvalue weighted by Gasteiger charge is 2.29. The minimum absolute atomic E-state index is 0.0927. The third-order valence-electron chi connectivity index (χ3n) is 5.81. The molecule has 0 aliphatic carbocycles. The number of pyridine rings is 1. The Balaban J connectivity index is 0.000000515. The van der Waals surface area contributed by atoms with E-state index in [1.165, 1.54) is 4.31 Å². The Bertz CT molecular complexity index is 1150. The number of hydrogen-bond acceptors (Lipinski definition) is 7. The standard InChI is InChI=1S/C21H25N3O2S.C7H10N2.C2H6.CH2O/c1-3-12-23-18-11-10-17(14-19(18)22(4-2)15-21(23)26)24(27)20(25)13-16-8-6-5-7-9-16;1-8-6-7-4-2-3-5-9-7;2*1-2/h5-11,14,27H,3-4,12-13,15H2,1-2H3;2-5,8H,6H2,1H3;1-2H3;1H2. The molecule has 0 unspecified atom stereocenters.